The van der Waals surface area contributed by atoms with Crippen molar-refractivity contribution in [3.8, 4) is 17.2 Å². The average molecular weight is 440 g/mol. The molecular weight excluding hydrogens is 414 g/mol. The fourth-order valence-corrected chi connectivity index (χ4v) is 3.84. The van der Waals surface area contributed by atoms with E-state index in [-0.39, 0.29) is 5.91 Å². The molecular formula is C23H25N3O4S. The van der Waals surface area contributed by atoms with Crippen LogP contribution >= 0.6 is 11.8 Å². The minimum Gasteiger partial charge on any atom is -0.493 e. The Bertz CT molecular complexity index is 1020. The molecule has 1 amide bonds. The molecule has 0 bridgehead atoms. The smallest absolute Gasteiger partial charge is 0.224 e. The Kier molecular flexibility index (Phi) is 7.72. The van der Waals surface area contributed by atoms with Gasteiger partial charge in [-0.2, -0.15) is 0 Å². The Balaban J connectivity index is 1.62. The molecule has 7 nitrogen and oxygen atoms in total. The van der Waals surface area contributed by atoms with E-state index in [0.717, 1.165) is 21.7 Å². The van der Waals surface area contributed by atoms with Crippen LogP contribution in [-0.4, -0.2) is 37.2 Å². The molecule has 0 aliphatic heterocycles. The van der Waals surface area contributed by atoms with Gasteiger partial charge in [0.2, 0.25) is 11.7 Å². The molecule has 0 saturated heterocycles. The highest BCUT2D eigenvalue weighted by molar-refractivity contribution is 7.99. The summed E-state index contributed by atoms with van der Waals surface area (Å²) < 4.78 is 16.1. The Morgan fingerprint density at radius 3 is 2.26 bits per heavy atom. The van der Waals surface area contributed by atoms with Crippen LogP contribution in [0.4, 0.5) is 5.69 Å². The van der Waals surface area contributed by atoms with Gasteiger partial charge in [0.1, 0.15) is 0 Å². The van der Waals surface area contributed by atoms with Crippen molar-refractivity contribution < 1.29 is 19.0 Å². The van der Waals surface area contributed by atoms with Gasteiger partial charge in [-0.3, -0.25) is 4.79 Å². The number of carbonyl (C=O) groups excluding carboxylic acids is 1. The van der Waals surface area contributed by atoms with Crippen LogP contribution < -0.4 is 19.5 Å². The summed E-state index contributed by atoms with van der Waals surface area (Å²) in [4.78, 5) is 22.0. The molecule has 0 atom stereocenters. The van der Waals surface area contributed by atoms with Crippen molar-refractivity contribution in [1.29, 1.82) is 0 Å². The molecule has 1 N–H and O–H groups in total. The predicted octanol–water partition coefficient (Wildman–Crippen LogP) is 4.53. The molecule has 3 aromatic rings. The van der Waals surface area contributed by atoms with Crippen molar-refractivity contribution in [1.82, 2.24) is 9.97 Å². The standard InChI is InChI=1S/C23H25N3O4S/c1-15-12-17(31-23-24-10-5-11-25-23)7-8-18(15)26-21(27)9-6-16-13-19(28-2)22(30-4)20(14-16)29-3/h5,7-8,10-14H,6,9H2,1-4H3,(H,26,27). The van der Waals surface area contributed by atoms with Gasteiger partial charge in [-0.1, -0.05) is 0 Å². The maximum Gasteiger partial charge on any atom is 0.224 e. The van der Waals surface area contributed by atoms with Crippen molar-refractivity contribution in [2.75, 3.05) is 26.6 Å². The third-order valence-electron chi connectivity index (χ3n) is 4.59. The molecule has 8 heteroatoms. The molecule has 162 valence electrons. The number of ether oxygens (including phenoxy) is 3. The molecule has 1 heterocycles. The summed E-state index contributed by atoms with van der Waals surface area (Å²) in [6.07, 6.45) is 4.29. The summed E-state index contributed by atoms with van der Waals surface area (Å²) in [5.74, 6) is 1.61. The van der Waals surface area contributed by atoms with E-state index in [2.05, 4.69) is 15.3 Å². The summed E-state index contributed by atoms with van der Waals surface area (Å²) in [7, 11) is 4.71. The van der Waals surface area contributed by atoms with Gasteiger partial charge in [0.25, 0.3) is 0 Å². The SMILES string of the molecule is COc1cc(CCC(=O)Nc2ccc(Sc3ncccn3)cc2C)cc(OC)c1OC. The third-order valence-corrected chi connectivity index (χ3v) is 5.47. The molecule has 31 heavy (non-hydrogen) atoms. The highest BCUT2D eigenvalue weighted by atomic mass is 32.2. The third kappa shape index (κ3) is 5.88. The topological polar surface area (TPSA) is 82.6 Å². The zero-order chi connectivity index (χ0) is 22.2. The van der Waals surface area contributed by atoms with Crippen LogP contribution in [0.15, 0.2) is 58.8 Å². The Morgan fingerprint density at radius 1 is 1.00 bits per heavy atom. The minimum atomic E-state index is -0.0661. The quantitative estimate of drug-likeness (QED) is 0.490. The number of rotatable bonds is 9. The van der Waals surface area contributed by atoms with Gasteiger partial charge in [0, 0.05) is 29.4 Å². The van der Waals surface area contributed by atoms with E-state index >= 15 is 0 Å². The van der Waals surface area contributed by atoms with Crippen molar-refractivity contribution in [3.63, 3.8) is 0 Å². The van der Waals surface area contributed by atoms with Crippen LogP contribution in [-0.2, 0) is 11.2 Å². The molecule has 0 radical (unpaired) electrons. The maximum absolute atomic E-state index is 12.5. The largest absolute Gasteiger partial charge is 0.493 e. The first-order valence-electron chi connectivity index (χ1n) is 9.68. The van der Waals surface area contributed by atoms with Crippen molar-refractivity contribution >= 4 is 23.4 Å². The van der Waals surface area contributed by atoms with E-state index in [4.69, 9.17) is 14.2 Å². The molecule has 1 aromatic heterocycles. The molecule has 0 unspecified atom stereocenters. The van der Waals surface area contributed by atoms with Gasteiger partial charge in [-0.25, -0.2) is 9.97 Å². The van der Waals surface area contributed by atoms with Crippen LogP contribution in [0.25, 0.3) is 0 Å². The lowest BCUT2D eigenvalue weighted by Gasteiger charge is -2.14. The Labute approximate surface area is 186 Å². The highest BCUT2D eigenvalue weighted by Crippen LogP contribution is 2.38. The summed E-state index contributed by atoms with van der Waals surface area (Å²) in [6.45, 7) is 1.96. The molecule has 0 spiro atoms. The van der Waals surface area contributed by atoms with Gasteiger partial charge in [0.15, 0.2) is 16.7 Å². The normalized spacial score (nSPS) is 10.5. The number of amides is 1. The van der Waals surface area contributed by atoms with Crippen LogP contribution in [0.2, 0.25) is 0 Å². The fraction of sp³-hybridized carbons (Fsp3) is 0.261. The van der Waals surface area contributed by atoms with Gasteiger partial charge < -0.3 is 19.5 Å². The molecule has 0 aliphatic rings. The second-order valence-corrected chi connectivity index (χ2v) is 7.73. The summed E-state index contributed by atoms with van der Waals surface area (Å²) in [5.41, 5.74) is 2.69. The van der Waals surface area contributed by atoms with Crippen LogP contribution in [0.5, 0.6) is 17.2 Å². The molecule has 0 fully saturated rings. The van der Waals surface area contributed by atoms with Crippen molar-refractivity contribution in [2.45, 2.75) is 29.8 Å². The summed E-state index contributed by atoms with van der Waals surface area (Å²) >= 11 is 1.48. The number of nitrogens with one attached hydrogen (secondary N) is 1. The first-order chi connectivity index (χ1) is 15.0. The minimum absolute atomic E-state index is 0.0661. The van der Waals surface area contributed by atoms with E-state index in [1.165, 1.54) is 11.8 Å². The molecule has 0 saturated carbocycles. The lowest BCUT2D eigenvalue weighted by molar-refractivity contribution is -0.116. The van der Waals surface area contributed by atoms with E-state index in [1.54, 1.807) is 39.8 Å². The summed E-state index contributed by atoms with van der Waals surface area (Å²) in [6, 6.07) is 11.4. The first kappa shape index (κ1) is 22.4. The van der Waals surface area contributed by atoms with E-state index in [0.29, 0.717) is 35.2 Å². The zero-order valence-electron chi connectivity index (χ0n) is 18.0. The number of anilines is 1. The van der Waals surface area contributed by atoms with Crippen LogP contribution in [0, 0.1) is 6.92 Å². The number of aromatic nitrogens is 2. The van der Waals surface area contributed by atoms with E-state index < -0.39 is 0 Å². The second kappa shape index (κ2) is 10.7. The number of hydrogen-bond donors (Lipinski definition) is 1. The molecule has 3 rings (SSSR count). The predicted molar refractivity (Wildman–Crippen MR) is 120 cm³/mol. The fourth-order valence-electron chi connectivity index (χ4n) is 3.03. The van der Waals surface area contributed by atoms with Gasteiger partial charge >= 0.3 is 0 Å². The highest BCUT2D eigenvalue weighted by Gasteiger charge is 2.14. The van der Waals surface area contributed by atoms with Gasteiger partial charge in [-0.05, 0) is 72.6 Å². The van der Waals surface area contributed by atoms with Crippen molar-refractivity contribution in [3.05, 3.63) is 59.9 Å². The number of hydrogen-bond acceptors (Lipinski definition) is 7. The average Bonchev–Trinajstić information content (AvgIpc) is 2.79. The number of benzene rings is 2. The molecule has 2 aromatic carbocycles. The van der Waals surface area contributed by atoms with E-state index in [9.17, 15) is 4.79 Å². The van der Waals surface area contributed by atoms with Crippen molar-refractivity contribution in [2.24, 2.45) is 0 Å². The van der Waals surface area contributed by atoms with Crippen LogP contribution in [0.3, 0.4) is 0 Å². The number of nitrogens with zero attached hydrogens (tertiary/aromatic N) is 2. The number of methoxy groups -OCH3 is 3. The van der Waals surface area contributed by atoms with Gasteiger partial charge in [-0.15, -0.1) is 0 Å². The van der Waals surface area contributed by atoms with Gasteiger partial charge in [0.05, 0.1) is 21.3 Å². The first-order valence-corrected chi connectivity index (χ1v) is 10.5. The Morgan fingerprint density at radius 2 is 1.68 bits per heavy atom. The lowest BCUT2D eigenvalue weighted by atomic mass is 10.1. The maximum atomic E-state index is 12.5. The monoisotopic (exact) mass is 439 g/mol. The Hall–Kier alpha value is -3.26. The lowest BCUT2D eigenvalue weighted by Crippen LogP contribution is -2.13. The number of aryl methyl sites for hydroxylation is 2. The second-order valence-electron chi connectivity index (χ2n) is 6.69. The van der Waals surface area contributed by atoms with Crippen LogP contribution in [0.1, 0.15) is 17.5 Å². The zero-order valence-corrected chi connectivity index (χ0v) is 18.8. The molecule has 0 aliphatic carbocycles. The van der Waals surface area contributed by atoms with E-state index in [1.807, 2.05) is 37.3 Å². The number of carbonyl (C=O) groups is 1. The summed E-state index contributed by atoms with van der Waals surface area (Å²) in [5, 5.41) is 3.67.